The predicted molar refractivity (Wildman–Crippen MR) is 80.9 cm³/mol. The number of hydrogen-bond acceptors (Lipinski definition) is 5. The SMILES string of the molecule is CN1CCN(c2cnn(C3CN(c4ccncn4)C3)c2)C1=O. The van der Waals surface area contributed by atoms with Gasteiger partial charge in [-0.15, -0.1) is 0 Å². The lowest BCUT2D eigenvalue weighted by molar-refractivity contribution is 0.229. The molecule has 0 bridgehead atoms. The van der Waals surface area contributed by atoms with Crippen molar-refractivity contribution in [3.63, 3.8) is 0 Å². The van der Waals surface area contributed by atoms with Crippen molar-refractivity contribution in [2.24, 2.45) is 0 Å². The molecular formula is C14H17N7O. The first-order chi connectivity index (χ1) is 10.7. The molecule has 0 aliphatic carbocycles. The van der Waals surface area contributed by atoms with Crippen molar-refractivity contribution in [2.45, 2.75) is 6.04 Å². The molecule has 0 atom stereocenters. The molecule has 2 aromatic heterocycles. The van der Waals surface area contributed by atoms with E-state index in [1.807, 2.05) is 24.0 Å². The molecule has 0 spiro atoms. The zero-order valence-corrected chi connectivity index (χ0v) is 12.3. The fourth-order valence-electron chi connectivity index (χ4n) is 2.83. The molecule has 2 saturated heterocycles. The van der Waals surface area contributed by atoms with Gasteiger partial charge < -0.3 is 9.80 Å². The van der Waals surface area contributed by atoms with E-state index in [-0.39, 0.29) is 6.03 Å². The monoisotopic (exact) mass is 299 g/mol. The van der Waals surface area contributed by atoms with Gasteiger partial charge in [0.25, 0.3) is 0 Å². The standard InChI is InChI=1S/C14H17N7O/c1-18-4-5-20(14(18)22)11-6-17-21(9-11)12-7-19(8-12)13-2-3-15-10-16-13/h2-3,6,9-10,12H,4-5,7-8H2,1H3. The van der Waals surface area contributed by atoms with Gasteiger partial charge in [0.1, 0.15) is 12.1 Å². The van der Waals surface area contributed by atoms with Crippen LogP contribution in [-0.4, -0.2) is 63.9 Å². The highest BCUT2D eigenvalue weighted by atomic mass is 16.2. The predicted octanol–water partition coefficient (Wildman–Crippen LogP) is 0.606. The second kappa shape index (κ2) is 4.97. The zero-order chi connectivity index (χ0) is 15.1. The van der Waals surface area contributed by atoms with E-state index in [4.69, 9.17) is 0 Å². The number of carbonyl (C=O) groups excluding carboxylic acids is 1. The van der Waals surface area contributed by atoms with E-state index in [0.29, 0.717) is 6.04 Å². The molecule has 4 rings (SSSR count). The minimum atomic E-state index is 0.0378. The van der Waals surface area contributed by atoms with Crippen LogP contribution in [0.2, 0.25) is 0 Å². The van der Waals surface area contributed by atoms with Crippen molar-refractivity contribution in [3.05, 3.63) is 31.0 Å². The van der Waals surface area contributed by atoms with Gasteiger partial charge in [0.2, 0.25) is 0 Å². The van der Waals surface area contributed by atoms with E-state index < -0.39 is 0 Å². The van der Waals surface area contributed by atoms with E-state index in [1.165, 1.54) is 0 Å². The Kier molecular flexibility index (Phi) is 2.95. The number of anilines is 2. The topological polar surface area (TPSA) is 70.4 Å². The molecule has 114 valence electrons. The average Bonchev–Trinajstić information content (AvgIpc) is 3.07. The minimum absolute atomic E-state index is 0.0378. The van der Waals surface area contributed by atoms with Crippen LogP contribution in [0.3, 0.4) is 0 Å². The highest BCUT2D eigenvalue weighted by Gasteiger charge is 2.32. The highest BCUT2D eigenvalue weighted by molar-refractivity contribution is 5.93. The van der Waals surface area contributed by atoms with Crippen LogP contribution in [0.4, 0.5) is 16.3 Å². The molecule has 0 N–H and O–H groups in total. The van der Waals surface area contributed by atoms with Gasteiger partial charge >= 0.3 is 6.03 Å². The van der Waals surface area contributed by atoms with Crippen LogP contribution in [0.5, 0.6) is 0 Å². The number of rotatable bonds is 3. The molecule has 0 saturated carbocycles. The van der Waals surface area contributed by atoms with Gasteiger partial charge in [-0.1, -0.05) is 0 Å². The summed E-state index contributed by atoms with van der Waals surface area (Å²) < 4.78 is 1.94. The van der Waals surface area contributed by atoms with Crippen LogP contribution in [0, 0.1) is 0 Å². The summed E-state index contributed by atoms with van der Waals surface area (Å²) in [6.45, 7) is 3.21. The Morgan fingerprint density at radius 3 is 2.82 bits per heavy atom. The van der Waals surface area contributed by atoms with E-state index in [2.05, 4.69) is 20.0 Å². The number of urea groups is 1. The van der Waals surface area contributed by atoms with Crippen LogP contribution >= 0.6 is 0 Å². The molecule has 0 radical (unpaired) electrons. The maximum absolute atomic E-state index is 12.0. The van der Waals surface area contributed by atoms with Gasteiger partial charge in [-0.25, -0.2) is 14.8 Å². The molecule has 8 nitrogen and oxygen atoms in total. The second-order valence-corrected chi connectivity index (χ2v) is 5.66. The van der Waals surface area contributed by atoms with Crippen LogP contribution in [-0.2, 0) is 0 Å². The molecule has 2 fully saturated rings. The van der Waals surface area contributed by atoms with Crippen LogP contribution < -0.4 is 9.80 Å². The Hall–Kier alpha value is -2.64. The van der Waals surface area contributed by atoms with Gasteiger partial charge in [0.05, 0.1) is 17.9 Å². The Labute approximate surface area is 128 Å². The van der Waals surface area contributed by atoms with E-state index in [0.717, 1.165) is 37.7 Å². The van der Waals surface area contributed by atoms with Crippen molar-refractivity contribution < 1.29 is 4.79 Å². The maximum atomic E-state index is 12.0. The van der Waals surface area contributed by atoms with Gasteiger partial charge in [0, 0.05) is 45.6 Å². The lowest BCUT2D eigenvalue weighted by Gasteiger charge is -2.39. The van der Waals surface area contributed by atoms with Crippen molar-refractivity contribution in [2.75, 3.05) is 43.0 Å². The summed E-state index contributed by atoms with van der Waals surface area (Å²) in [5.41, 5.74) is 0.870. The lowest BCUT2D eigenvalue weighted by atomic mass is 10.1. The Morgan fingerprint density at radius 2 is 2.14 bits per heavy atom. The van der Waals surface area contributed by atoms with Crippen molar-refractivity contribution in [1.29, 1.82) is 0 Å². The molecule has 0 aromatic carbocycles. The number of carbonyl (C=O) groups is 1. The average molecular weight is 299 g/mol. The summed E-state index contributed by atoms with van der Waals surface area (Å²) in [4.78, 5) is 25.8. The third-order valence-electron chi connectivity index (χ3n) is 4.24. The fourth-order valence-corrected chi connectivity index (χ4v) is 2.83. The van der Waals surface area contributed by atoms with Gasteiger partial charge in [0.15, 0.2) is 0 Å². The first-order valence-electron chi connectivity index (χ1n) is 7.30. The number of nitrogens with zero attached hydrogens (tertiary/aromatic N) is 7. The molecule has 2 aromatic rings. The fraction of sp³-hybridized carbons (Fsp3) is 0.429. The minimum Gasteiger partial charge on any atom is -0.352 e. The highest BCUT2D eigenvalue weighted by Crippen LogP contribution is 2.27. The smallest absolute Gasteiger partial charge is 0.324 e. The van der Waals surface area contributed by atoms with Crippen LogP contribution in [0.15, 0.2) is 31.0 Å². The molecule has 8 heteroatoms. The molecule has 2 amide bonds. The van der Waals surface area contributed by atoms with E-state index in [1.54, 1.807) is 28.5 Å². The Morgan fingerprint density at radius 1 is 1.27 bits per heavy atom. The third kappa shape index (κ3) is 2.07. The molecule has 2 aliphatic heterocycles. The van der Waals surface area contributed by atoms with Crippen molar-refractivity contribution in [3.8, 4) is 0 Å². The molecular weight excluding hydrogens is 282 g/mol. The van der Waals surface area contributed by atoms with E-state index in [9.17, 15) is 4.79 Å². The quantitative estimate of drug-likeness (QED) is 0.830. The lowest BCUT2D eigenvalue weighted by Crippen LogP contribution is -2.48. The number of likely N-dealkylation sites (N-methyl/N-ethyl adjacent to an activating group) is 1. The van der Waals surface area contributed by atoms with Gasteiger partial charge in [-0.05, 0) is 6.07 Å². The van der Waals surface area contributed by atoms with Crippen molar-refractivity contribution >= 4 is 17.5 Å². The second-order valence-electron chi connectivity index (χ2n) is 5.66. The largest absolute Gasteiger partial charge is 0.352 e. The van der Waals surface area contributed by atoms with E-state index >= 15 is 0 Å². The first kappa shape index (κ1) is 13.1. The number of amides is 2. The number of hydrogen-bond donors (Lipinski definition) is 0. The number of aromatic nitrogens is 4. The summed E-state index contributed by atoms with van der Waals surface area (Å²) in [6, 6.07) is 2.26. The zero-order valence-electron chi connectivity index (χ0n) is 12.3. The normalized spacial score (nSPS) is 19.0. The molecule has 0 unspecified atom stereocenters. The summed E-state index contributed by atoms with van der Waals surface area (Å²) in [5.74, 6) is 0.940. The van der Waals surface area contributed by atoms with Crippen LogP contribution in [0.25, 0.3) is 0 Å². The van der Waals surface area contributed by atoms with Gasteiger partial charge in [-0.3, -0.25) is 9.58 Å². The summed E-state index contributed by atoms with van der Waals surface area (Å²) in [7, 11) is 1.82. The molecule has 2 aliphatic rings. The summed E-state index contributed by atoms with van der Waals surface area (Å²) in [6.07, 6.45) is 7.03. The van der Waals surface area contributed by atoms with Crippen LogP contribution in [0.1, 0.15) is 6.04 Å². The summed E-state index contributed by atoms with van der Waals surface area (Å²) >= 11 is 0. The Balaban J connectivity index is 1.43. The maximum Gasteiger partial charge on any atom is 0.324 e. The third-order valence-corrected chi connectivity index (χ3v) is 4.24. The molecule has 4 heterocycles. The Bertz CT molecular complexity index is 680. The van der Waals surface area contributed by atoms with Crippen molar-refractivity contribution in [1.82, 2.24) is 24.6 Å². The van der Waals surface area contributed by atoms with Gasteiger partial charge in [-0.2, -0.15) is 5.10 Å². The summed E-state index contributed by atoms with van der Waals surface area (Å²) in [5, 5.41) is 4.42. The first-order valence-corrected chi connectivity index (χ1v) is 7.30. The molecule has 22 heavy (non-hydrogen) atoms.